The molecule has 0 aliphatic rings. The van der Waals surface area contributed by atoms with Crippen molar-refractivity contribution in [1.82, 2.24) is 15.5 Å². The summed E-state index contributed by atoms with van der Waals surface area (Å²) in [5.41, 5.74) is 0. The highest BCUT2D eigenvalue weighted by atomic mass is 32.1. The summed E-state index contributed by atoms with van der Waals surface area (Å²) in [7, 11) is 0. The van der Waals surface area contributed by atoms with Gasteiger partial charge in [-0.15, -0.1) is 24.5 Å². The standard InChI is InChI=1S/C16H21N3O3S/c1-4-8-19(9-5-2)16(22)12(3)18-14(20)11-17-15(21)13-7-6-10-23-13/h4-7,10,12H,1-2,8-9,11H2,3H3,(H,17,21)(H,18,20). The van der Waals surface area contributed by atoms with Crippen LogP contribution in [0.15, 0.2) is 42.8 Å². The van der Waals surface area contributed by atoms with Crippen molar-refractivity contribution in [3.63, 3.8) is 0 Å². The second kappa shape index (κ2) is 9.58. The Balaban J connectivity index is 2.45. The predicted octanol–water partition coefficient (Wildman–Crippen LogP) is 1.18. The fraction of sp³-hybridized carbons (Fsp3) is 0.312. The minimum absolute atomic E-state index is 0.183. The molecule has 23 heavy (non-hydrogen) atoms. The maximum absolute atomic E-state index is 12.2. The number of carbonyl (C=O) groups excluding carboxylic acids is 3. The van der Waals surface area contributed by atoms with Gasteiger partial charge in [0.05, 0.1) is 11.4 Å². The van der Waals surface area contributed by atoms with Crippen LogP contribution in [0.2, 0.25) is 0 Å². The highest BCUT2D eigenvalue weighted by Gasteiger charge is 2.20. The topological polar surface area (TPSA) is 78.5 Å². The summed E-state index contributed by atoms with van der Waals surface area (Å²) in [4.78, 5) is 37.8. The third kappa shape index (κ3) is 6.07. The molecule has 1 atom stereocenters. The summed E-state index contributed by atoms with van der Waals surface area (Å²) in [5, 5.41) is 6.86. The molecule has 0 bridgehead atoms. The minimum atomic E-state index is -0.693. The van der Waals surface area contributed by atoms with Crippen LogP contribution in [0.3, 0.4) is 0 Å². The van der Waals surface area contributed by atoms with Crippen LogP contribution >= 0.6 is 11.3 Å². The monoisotopic (exact) mass is 335 g/mol. The van der Waals surface area contributed by atoms with Gasteiger partial charge in [-0.1, -0.05) is 18.2 Å². The Kier molecular flexibility index (Phi) is 7.76. The lowest BCUT2D eigenvalue weighted by Gasteiger charge is -2.23. The van der Waals surface area contributed by atoms with Gasteiger partial charge in [0.15, 0.2) is 0 Å². The van der Waals surface area contributed by atoms with Crippen molar-refractivity contribution in [2.24, 2.45) is 0 Å². The Morgan fingerprint density at radius 2 is 1.96 bits per heavy atom. The van der Waals surface area contributed by atoms with Crippen LogP contribution in [0.1, 0.15) is 16.6 Å². The first-order valence-corrected chi connectivity index (χ1v) is 7.99. The van der Waals surface area contributed by atoms with Gasteiger partial charge in [0, 0.05) is 13.1 Å². The number of nitrogens with zero attached hydrogens (tertiary/aromatic N) is 1. The first-order chi connectivity index (χ1) is 11.0. The molecule has 0 fully saturated rings. The van der Waals surface area contributed by atoms with Crippen LogP contribution in [0.4, 0.5) is 0 Å². The lowest BCUT2D eigenvalue weighted by atomic mass is 10.2. The maximum atomic E-state index is 12.2. The number of thiophene rings is 1. The van der Waals surface area contributed by atoms with Gasteiger partial charge >= 0.3 is 0 Å². The summed E-state index contributed by atoms with van der Waals surface area (Å²) < 4.78 is 0. The van der Waals surface area contributed by atoms with Gasteiger partial charge in [0.1, 0.15) is 6.04 Å². The van der Waals surface area contributed by atoms with E-state index >= 15 is 0 Å². The summed E-state index contributed by atoms with van der Waals surface area (Å²) in [6.07, 6.45) is 3.22. The Labute approximate surface area is 139 Å². The van der Waals surface area contributed by atoms with Gasteiger partial charge in [-0.2, -0.15) is 0 Å². The summed E-state index contributed by atoms with van der Waals surface area (Å²) in [6, 6.07) is 2.74. The zero-order valence-electron chi connectivity index (χ0n) is 13.1. The first kappa shape index (κ1) is 18.6. The molecule has 0 spiro atoms. The fourth-order valence-electron chi connectivity index (χ4n) is 1.85. The van der Waals surface area contributed by atoms with Crippen LogP contribution in [0.25, 0.3) is 0 Å². The van der Waals surface area contributed by atoms with Gasteiger partial charge in [0.25, 0.3) is 5.91 Å². The fourth-order valence-corrected chi connectivity index (χ4v) is 2.49. The lowest BCUT2D eigenvalue weighted by Crippen LogP contribution is -2.49. The Bertz CT molecular complexity index is 559. The van der Waals surface area contributed by atoms with E-state index in [1.807, 2.05) is 0 Å². The quantitative estimate of drug-likeness (QED) is 0.665. The molecule has 0 saturated heterocycles. The molecule has 0 saturated carbocycles. The van der Waals surface area contributed by atoms with Crippen molar-refractivity contribution < 1.29 is 14.4 Å². The highest BCUT2D eigenvalue weighted by Crippen LogP contribution is 2.07. The molecule has 3 amide bonds. The molecular formula is C16H21N3O3S. The Morgan fingerprint density at radius 1 is 1.30 bits per heavy atom. The molecule has 0 aromatic carbocycles. The highest BCUT2D eigenvalue weighted by molar-refractivity contribution is 7.12. The number of amides is 3. The Morgan fingerprint density at radius 3 is 2.48 bits per heavy atom. The zero-order chi connectivity index (χ0) is 17.2. The number of carbonyl (C=O) groups is 3. The average molecular weight is 335 g/mol. The second-order valence-corrected chi connectivity index (χ2v) is 5.72. The molecule has 2 N–H and O–H groups in total. The normalized spacial score (nSPS) is 11.2. The van der Waals surface area contributed by atoms with Crippen molar-refractivity contribution in [1.29, 1.82) is 0 Å². The summed E-state index contributed by atoms with van der Waals surface area (Å²) in [6.45, 7) is 9.36. The summed E-state index contributed by atoms with van der Waals surface area (Å²) in [5.74, 6) is -0.968. The van der Waals surface area contributed by atoms with Gasteiger partial charge in [-0.25, -0.2) is 0 Å². The maximum Gasteiger partial charge on any atom is 0.261 e. The second-order valence-electron chi connectivity index (χ2n) is 4.77. The molecule has 1 aromatic heterocycles. The van der Waals surface area contributed by atoms with Crippen LogP contribution in [-0.2, 0) is 9.59 Å². The molecule has 124 valence electrons. The number of hydrogen-bond acceptors (Lipinski definition) is 4. The molecule has 0 aliphatic heterocycles. The van der Waals surface area contributed by atoms with Gasteiger partial charge in [-0.05, 0) is 18.4 Å². The zero-order valence-corrected chi connectivity index (χ0v) is 13.9. The number of rotatable bonds is 9. The van der Waals surface area contributed by atoms with E-state index in [1.54, 1.807) is 36.6 Å². The van der Waals surface area contributed by atoms with E-state index in [2.05, 4.69) is 23.8 Å². The molecular weight excluding hydrogens is 314 g/mol. The lowest BCUT2D eigenvalue weighted by molar-refractivity contribution is -0.134. The van der Waals surface area contributed by atoms with Gasteiger partial charge in [-0.3, -0.25) is 14.4 Å². The van der Waals surface area contributed by atoms with E-state index in [1.165, 1.54) is 16.2 Å². The van der Waals surface area contributed by atoms with E-state index < -0.39 is 11.9 Å². The third-order valence-electron chi connectivity index (χ3n) is 2.91. The van der Waals surface area contributed by atoms with Gasteiger partial charge in [0.2, 0.25) is 11.8 Å². The van der Waals surface area contributed by atoms with E-state index in [0.29, 0.717) is 18.0 Å². The van der Waals surface area contributed by atoms with Crippen molar-refractivity contribution >= 4 is 29.1 Å². The van der Waals surface area contributed by atoms with E-state index in [9.17, 15) is 14.4 Å². The average Bonchev–Trinajstić information content (AvgIpc) is 3.06. The Hall–Kier alpha value is -2.41. The SMILES string of the molecule is C=CCN(CC=C)C(=O)C(C)NC(=O)CNC(=O)c1cccs1. The van der Waals surface area contributed by atoms with E-state index in [0.717, 1.165) is 0 Å². The third-order valence-corrected chi connectivity index (χ3v) is 3.78. The van der Waals surface area contributed by atoms with Crippen LogP contribution in [0.5, 0.6) is 0 Å². The number of nitrogens with one attached hydrogen (secondary N) is 2. The molecule has 1 rings (SSSR count). The first-order valence-electron chi connectivity index (χ1n) is 7.11. The van der Waals surface area contributed by atoms with Crippen molar-refractivity contribution in [3.8, 4) is 0 Å². The van der Waals surface area contributed by atoms with Crippen molar-refractivity contribution in [3.05, 3.63) is 47.7 Å². The van der Waals surface area contributed by atoms with Gasteiger partial charge < -0.3 is 15.5 Å². The van der Waals surface area contributed by atoms with Crippen molar-refractivity contribution in [2.75, 3.05) is 19.6 Å². The summed E-state index contributed by atoms with van der Waals surface area (Å²) >= 11 is 1.29. The molecule has 7 heteroatoms. The molecule has 6 nitrogen and oxygen atoms in total. The predicted molar refractivity (Wildman–Crippen MR) is 91.2 cm³/mol. The molecule has 0 aliphatic carbocycles. The van der Waals surface area contributed by atoms with E-state index in [4.69, 9.17) is 0 Å². The number of hydrogen-bond donors (Lipinski definition) is 2. The van der Waals surface area contributed by atoms with Crippen LogP contribution in [-0.4, -0.2) is 48.3 Å². The van der Waals surface area contributed by atoms with E-state index in [-0.39, 0.29) is 18.4 Å². The minimum Gasteiger partial charge on any atom is -0.343 e. The molecule has 1 aromatic rings. The molecule has 1 unspecified atom stereocenters. The van der Waals surface area contributed by atoms with Crippen LogP contribution < -0.4 is 10.6 Å². The molecule has 1 heterocycles. The van der Waals surface area contributed by atoms with Crippen molar-refractivity contribution in [2.45, 2.75) is 13.0 Å². The van der Waals surface area contributed by atoms with Crippen LogP contribution in [0, 0.1) is 0 Å². The largest absolute Gasteiger partial charge is 0.343 e. The smallest absolute Gasteiger partial charge is 0.261 e. The molecule has 0 radical (unpaired) electrons.